The van der Waals surface area contributed by atoms with E-state index in [1.54, 1.807) is 11.3 Å². The molecule has 0 atom stereocenters. The highest BCUT2D eigenvalue weighted by atomic mass is 32.1. The summed E-state index contributed by atoms with van der Waals surface area (Å²) >= 11 is 1.69. The van der Waals surface area contributed by atoms with Crippen molar-refractivity contribution < 1.29 is 0 Å². The van der Waals surface area contributed by atoms with Gasteiger partial charge in [-0.25, -0.2) is 19.9 Å². The van der Waals surface area contributed by atoms with Crippen molar-refractivity contribution in [3.05, 3.63) is 146 Å². The third-order valence-electron chi connectivity index (χ3n) is 7.55. The van der Waals surface area contributed by atoms with Crippen LogP contribution in [0.5, 0.6) is 0 Å². The maximum absolute atomic E-state index is 5.20. The Morgan fingerprint density at radius 1 is 0.395 bits per heavy atom. The Balaban J connectivity index is 1.40. The quantitative estimate of drug-likeness (QED) is 0.207. The van der Waals surface area contributed by atoms with E-state index in [-0.39, 0.29) is 0 Å². The molecular formula is C38H24N4S. The second-order valence-corrected chi connectivity index (χ2v) is 11.4. The van der Waals surface area contributed by atoms with Crippen LogP contribution in [-0.2, 0) is 0 Å². The average Bonchev–Trinajstić information content (AvgIpc) is 3.53. The standard InChI is InChI=1S/C38H24N4S/c1-4-14-26(15-5-1)35-40-36(27-16-6-2-7-17-27)42-37(41-35)29-23-32(31-22-12-20-25-13-10-11-21-30(25)31)34-33(24-29)43-38(39-34)28-18-8-3-9-19-28/h1-24H. The summed E-state index contributed by atoms with van der Waals surface area (Å²) in [7, 11) is 0. The molecule has 4 nitrogen and oxygen atoms in total. The van der Waals surface area contributed by atoms with Gasteiger partial charge in [-0.2, -0.15) is 0 Å². The highest BCUT2D eigenvalue weighted by Gasteiger charge is 2.18. The minimum atomic E-state index is 0.630. The van der Waals surface area contributed by atoms with E-state index in [0.717, 1.165) is 48.6 Å². The number of fused-ring (bicyclic) bond motifs is 2. The lowest BCUT2D eigenvalue weighted by Gasteiger charge is -2.12. The topological polar surface area (TPSA) is 51.6 Å². The number of hydrogen-bond acceptors (Lipinski definition) is 5. The summed E-state index contributed by atoms with van der Waals surface area (Å²) in [6.45, 7) is 0. The summed E-state index contributed by atoms with van der Waals surface area (Å²) in [6, 6.07) is 49.9. The van der Waals surface area contributed by atoms with Gasteiger partial charge in [-0.05, 0) is 28.5 Å². The van der Waals surface area contributed by atoms with Gasteiger partial charge in [-0.3, -0.25) is 0 Å². The molecule has 0 saturated carbocycles. The van der Waals surface area contributed by atoms with E-state index < -0.39 is 0 Å². The van der Waals surface area contributed by atoms with E-state index in [0.29, 0.717) is 17.5 Å². The molecule has 0 radical (unpaired) electrons. The van der Waals surface area contributed by atoms with E-state index in [1.165, 1.54) is 10.8 Å². The van der Waals surface area contributed by atoms with Gasteiger partial charge >= 0.3 is 0 Å². The molecule has 0 aliphatic carbocycles. The third-order valence-corrected chi connectivity index (χ3v) is 8.60. The average molecular weight is 569 g/mol. The molecule has 2 aromatic heterocycles. The van der Waals surface area contributed by atoms with Crippen molar-refractivity contribution in [2.45, 2.75) is 0 Å². The molecule has 202 valence electrons. The second-order valence-electron chi connectivity index (χ2n) is 10.3. The summed E-state index contributed by atoms with van der Waals surface area (Å²) in [5, 5.41) is 3.36. The number of benzene rings is 6. The van der Waals surface area contributed by atoms with Crippen molar-refractivity contribution in [2.24, 2.45) is 0 Å². The molecule has 8 aromatic rings. The fourth-order valence-corrected chi connectivity index (χ4v) is 6.50. The molecule has 0 amide bonds. The van der Waals surface area contributed by atoms with Gasteiger partial charge in [0.15, 0.2) is 17.5 Å². The zero-order valence-corrected chi connectivity index (χ0v) is 23.9. The molecule has 43 heavy (non-hydrogen) atoms. The summed E-state index contributed by atoms with van der Waals surface area (Å²) < 4.78 is 1.09. The van der Waals surface area contributed by atoms with Crippen molar-refractivity contribution in [3.63, 3.8) is 0 Å². The molecule has 0 N–H and O–H groups in total. The molecule has 2 heterocycles. The van der Waals surface area contributed by atoms with Gasteiger partial charge in [0.1, 0.15) is 5.01 Å². The predicted octanol–water partition coefficient (Wildman–Crippen LogP) is 9.97. The Hall–Kier alpha value is -5.52. The number of hydrogen-bond donors (Lipinski definition) is 0. The first-order chi connectivity index (χ1) is 21.3. The van der Waals surface area contributed by atoms with E-state index >= 15 is 0 Å². The van der Waals surface area contributed by atoms with Crippen LogP contribution in [0.3, 0.4) is 0 Å². The largest absolute Gasteiger partial charge is 0.235 e. The lowest BCUT2D eigenvalue weighted by atomic mass is 9.96. The van der Waals surface area contributed by atoms with Crippen molar-refractivity contribution in [2.75, 3.05) is 0 Å². The molecule has 0 aliphatic heterocycles. The van der Waals surface area contributed by atoms with Crippen LogP contribution in [0.2, 0.25) is 0 Å². The first-order valence-electron chi connectivity index (χ1n) is 14.2. The van der Waals surface area contributed by atoms with Crippen LogP contribution in [0, 0.1) is 0 Å². The Kier molecular flexibility index (Phi) is 6.28. The molecule has 0 unspecified atom stereocenters. The van der Waals surface area contributed by atoms with Gasteiger partial charge in [0.2, 0.25) is 0 Å². The Bertz CT molecular complexity index is 2160. The Labute approximate surface area is 253 Å². The van der Waals surface area contributed by atoms with Crippen molar-refractivity contribution in [1.82, 2.24) is 19.9 Å². The van der Waals surface area contributed by atoms with Crippen LogP contribution in [0.15, 0.2) is 146 Å². The highest BCUT2D eigenvalue weighted by molar-refractivity contribution is 7.21. The van der Waals surface area contributed by atoms with Gasteiger partial charge in [0.25, 0.3) is 0 Å². The smallest absolute Gasteiger partial charge is 0.164 e. The van der Waals surface area contributed by atoms with E-state index in [2.05, 4.69) is 78.9 Å². The molecule has 8 rings (SSSR count). The highest BCUT2D eigenvalue weighted by Crippen LogP contribution is 2.41. The van der Waals surface area contributed by atoms with Crippen molar-refractivity contribution in [3.8, 4) is 55.9 Å². The molecule has 0 saturated heterocycles. The number of thiazole rings is 1. The zero-order valence-electron chi connectivity index (χ0n) is 23.1. The molecular weight excluding hydrogens is 545 g/mol. The minimum absolute atomic E-state index is 0.630. The van der Waals surface area contributed by atoms with E-state index in [4.69, 9.17) is 19.9 Å². The molecule has 0 aliphatic rings. The summed E-state index contributed by atoms with van der Waals surface area (Å²) in [6.07, 6.45) is 0. The molecule has 0 bridgehead atoms. The maximum Gasteiger partial charge on any atom is 0.164 e. The second kappa shape index (κ2) is 10.7. The molecule has 5 heteroatoms. The van der Waals surface area contributed by atoms with Gasteiger partial charge in [-0.1, -0.05) is 133 Å². The fourth-order valence-electron chi connectivity index (χ4n) is 5.47. The lowest BCUT2D eigenvalue weighted by Crippen LogP contribution is -2.00. The Morgan fingerprint density at radius 3 is 1.58 bits per heavy atom. The van der Waals surface area contributed by atoms with E-state index in [9.17, 15) is 0 Å². The van der Waals surface area contributed by atoms with Crippen LogP contribution in [0.4, 0.5) is 0 Å². The van der Waals surface area contributed by atoms with Crippen molar-refractivity contribution in [1.29, 1.82) is 0 Å². The molecule has 6 aromatic carbocycles. The normalized spacial score (nSPS) is 11.3. The van der Waals surface area contributed by atoms with Crippen LogP contribution in [0.1, 0.15) is 0 Å². The predicted molar refractivity (Wildman–Crippen MR) is 178 cm³/mol. The zero-order chi connectivity index (χ0) is 28.6. The van der Waals surface area contributed by atoms with Gasteiger partial charge < -0.3 is 0 Å². The summed E-state index contributed by atoms with van der Waals surface area (Å²) in [5.41, 5.74) is 7.10. The Morgan fingerprint density at radius 2 is 0.930 bits per heavy atom. The monoisotopic (exact) mass is 568 g/mol. The van der Waals surface area contributed by atoms with Gasteiger partial charge in [0, 0.05) is 27.8 Å². The SMILES string of the molecule is c1ccc(-c2nc(-c3ccccc3)nc(-c3cc(-c4cccc5ccccc45)c4nc(-c5ccccc5)sc4c3)n2)cc1. The summed E-state index contributed by atoms with van der Waals surface area (Å²) in [4.78, 5) is 20.2. The maximum atomic E-state index is 5.20. The first kappa shape index (κ1) is 25.2. The van der Waals surface area contributed by atoms with Gasteiger partial charge in [-0.15, -0.1) is 11.3 Å². The molecule has 0 spiro atoms. The van der Waals surface area contributed by atoms with Crippen LogP contribution in [-0.4, -0.2) is 19.9 Å². The van der Waals surface area contributed by atoms with Crippen molar-refractivity contribution >= 4 is 32.3 Å². The minimum Gasteiger partial charge on any atom is -0.235 e. The van der Waals surface area contributed by atoms with E-state index in [1.807, 2.05) is 66.7 Å². The third kappa shape index (κ3) is 4.76. The summed E-state index contributed by atoms with van der Waals surface area (Å²) in [5.74, 6) is 1.92. The number of aromatic nitrogens is 4. The number of rotatable bonds is 5. The van der Waals surface area contributed by atoms with Gasteiger partial charge in [0.05, 0.1) is 10.2 Å². The fraction of sp³-hybridized carbons (Fsp3) is 0. The van der Waals surface area contributed by atoms with Crippen LogP contribution < -0.4 is 0 Å². The number of nitrogens with zero attached hydrogens (tertiary/aromatic N) is 4. The van der Waals surface area contributed by atoms with Crippen LogP contribution in [0.25, 0.3) is 76.9 Å². The lowest BCUT2D eigenvalue weighted by molar-refractivity contribution is 1.07. The first-order valence-corrected chi connectivity index (χ1v) is 15.0. The molecule has 0 fully saturated rings. The van der Waals surface area contributed by atoms with Crippen LogP contribution >= 0.6 is 11.3 Å².